The minimum atomic E-state index is -0.181. The standard InChI is InChI=1S/C30H44N2O2S/c1-8-12-26(28(34)32-17-15-31(16-18-32)21-22-13-10-9-11-14-22)35-23-19-24(29(2,3)4)27(33)25(20-23)30(5,6)7/h9-11,13-14,19-20,26,33H,8,12,15-18,21H2,1-7H3. The molecule has 35 heavy (non-hydrogen) atoms. The Bertz CT molecular complexity index is 949. The maximum Gasteiger partial charge on any atom is 0.236 e. The third-order valence-corrected chi connectivity index (χ3v) is 7.97. The van der Waals surface area contributed by atoms with E-state index in [2.05, 4.69) is 101 Å². The number of benzene rings is 2. The normalized spacial score (nSPS) is 16.4. The van der Waals surface area contributed by atoms with Crippen LogP contribution in [-0.4, -0.2) is 52.2 Å². The molecule has 0 aromatic heterocycles. The van der Waals surface area contributed by atoms with Crippen LogP contribution in [0.1, 0.15) is 78.0 Å². The zero-order chi connectivity index (χ0) is 25.8. The number of carbonyl (C=O) groups excluding carboxylic acids is 1. The molecule has 2 aromatic carbocycles. The summed E-state index contributed by atoms with van der Waals surface area (Å²) in [6.07, 6.45) is 1.82. The van der Waals surface area contributed by atoms with Gasteiger partial charge in [0.05, 0.1) is 5.25 Å². The molecular formula is C30H44N2O2S. The fraction of sp³-hybridized carbons (Fsp3) is 0.567. The van der Waals surface area contributed by atoms with Crippen LogP contribution in [0.25, 0.3) is 0 Å². The number of phenols is 1. The first-order valence-corrected chi connectivity index (χ1v) is 13.9. The summed E-state index contributed by atoms with van der Waals surface area (Å²) in [5, 5.41) is 11.0. The fourth-order valence-corrected chi connectivity index (χ4v) is 5.95. The number of hydrogen-bond acceptors (Lipinski definition) is 4. The molecule has 5 heteroatoms. The largest absolute Gasteiger partial charge is 0.507 e. The molecule has 1 heterocycles. The zero-order valence-corrected chi connectivity index (χ0v) is 23.5. The summed E-state index contributed by atoms with van der Waals surface area (Å²) in [4.78, 5) is 19.2. The third kappa shape index (κ3) is 7.27. The molecule has 1 N–H and O–H groups in total. The van der Waals surface area contributed by atoms with Crippen molar-refractivity contribution in [2.24, 2.45) is 0 Å². The first-order valence-electron chi connectivity index (χ1n) is 13.0. The Morgan fingerprint density at radius 3 is 1.97 bits per heavy atom. The van der Waals surface area contributed by atoms with E-state index in [1.54, 1.807) is 11.8 Å². The molecule has 192 valence electrons. The Morgan fingerprint density at radius 1 is 0.943 bits per heavy atom. The summed E-state index contributed by atoms with van der Waals surface area (Å²) in [6.45, 7) is 19.3. The molecular weight excluding hydrogens is 452 g/mol. The van der Waals surface area contributed by atoms with Gasteiger partial charge in [-0.2, -0.15) is 0 Å². The number of piperazine rings is 1. The highest BCUT2D eigenvalue weighted by Gasteiger charge is 2.31. The van der Waals surface area contributed by atoms with Gasteiger partial charge in [0.25, 0.3) is 0 Å². The van der Waals surface area contributed by atoms with Crippen LogP contribution in [0, 0.1) is 0 Å². The number of nitrogens with zero attached hydrogens (tertiary/aromatic N) is 2. The van der Waals surface area contributed by atoms with Crippen molar-refractivity contribution in [3.8, 4) is 5.75 Å². The van der Waals surface area contributed by atoms with Crippen molar-refractivity contribution in [3.63, 3.8) is 0 Å². The molecule has 1 aliphatic heterocycles. The van der Waals surface area contributed by atoms with E-state index in [1.807, 2.05) is 0 Å². The molecule has 4 nitrogen and oxygen atoms in total. The third-order valence-electron chi connectivity index (χ3n) is 6.74. The van der Waals surface area contributed by atoms with E-state index in [1.165, 1.54) is 5.56 Å². The Labute approximate surface area is 217 Å². The van der Waals surface area contributed by atoms with Gasteiger partial charge < -0.3 is 10.0 Å². The van der Waals surface area contributed by atoms with Gasteiger partial charge in [0, 0.05) is 48.7 Å². The Balaban J connectivity index is 1.75. The van der Waals surface area contributed by atoms with Gasteiger partial charge in [-0.25, -0.2) is 0 Å². The van der Waals surface area contributed by atoms with E-state index >= 15 is 0 Å². The molecule has 1 amide bonds. The van der Waals surface area contributed by atoms with Gasteiger partial charge in [0.1, 0.15) is 5.75 Å². The molecule has 1 unspecified atom stereocenters. The molecule has 0 aliphatic carbocycles. The monoisotopic (exact) mass is 496 g/mol. The lowest BCUT2D eigenvalue weighted by Gasteiger charge is -2.36. The van der Waals surface area contributed by atoms with Gasteiger partial charge >= 0.3 is 0 Å². The number of amides is 1. The number of aromatic hydroxyl groups is 1. The van der Waals surface area contributed by atoms with Gasteiger partial charge in [-0.05, 0) is 34.9 Å². The van der Waals surface area contributed by atoms with Crippen LogP contribution in [-0.2, 0) is 22.2 Å². The second-order valence-corrected chi connectivity index (χ2v) is 13.1. The zero-order valence-electron chi connectivity index (χ0n) is 22.7. The smallest absolute Gasteiger partial charge is 0.236 e. The molecule has 1 aliphatic rings. The van der Waals surface area contributed by atoms with Crippen molar-refractivity contribution >= 4 is 17.7 Å². The number of carbonyl (C=O) groups is 1. The van der Waals surface area contributed by atoms with Crippen LogP contribution >= 0.6 is 11.8 Å². The van der Waals surface area contributed by atoms with Crippen molar-refractivity contribution < 1.29 is 9.90 Å². The van der Waals surface area contributed by atoms with Gasteiger partial charge in [0.15, 0.2) is 0 Å². The highest BCUT2D eigenvalue weighted by atomic mass is 32.2. The van der Waals surface area contributed by atoms with E-state index in [-0.39, 0.29) is 22.0 Å². The lowest BCUT2D eigenvalue weighted by atomic mass is 9.79. The van der Waals surface area contributed by atoms with E-state index < -0.39 is 0 Å². The molecule has 1 fully saturated rings. The van der Waals surface area contributed by atoms with Crippen LogP contribution in [0.5, 0.6) is 5.75 Å². The van der Waals surface area contributed by atoms with E-state index in [0.717, 1.165) is 61.6 Å². The van der Waals surface area contributed by atoms with Crippen molar-refractivity contribution in [1.29, 1.82) is 0 Å². The van der Waals surface area contributed by atoms with E-state index in [0.29, 0.717) is 5.75 Å². The quantitative estimate of drug-likeness (QED) is 0.439. The summed E-state index contributed by atoms with van der Waals surface area (Å²) in [5.41, 5.74) is 2.86. The van der Waals surface area contributed by atoms with Gasteiger partial charge in [-0.15, -0.1) is 11.8 Å². The fourth-order valence-electron chi connectivity index (χ4n) is 4.65. The lowest BCUT2D eigenvalue weighted by Crippen LogP contribution is -2.50. The van der Waals surface area contributed by atoms with Crippen molar-refractivity contribution in [2.75, 3.05) is 26.2 Å². The average molecular weight is 497 g/mol. The summed E-state index contributed by atoms with van der Waals surface area (Å²) in [5.74, 6) is 0.640. The molecule has 2 aromatic rings. The number of hydrogen-bond donors (Lipinski definition) is 1. The van der Waals surface area contributed by atoms with Gasteiger partial charge in [-0.1, -0.05) is 85.2 Å². The molecule has 0 bridgehead atoms. The van der Waals surface area contributed by atoms with Gasteiger partial charge in [0.2, 0.25) is 5.91 Å². The highest BCUT2D eigenvalue weighted by molar-refractivity contribution is 8.00. The number of phenolic OH excluding ortho intramolecular Hbond substituents is 1. The summed E-state index contributed by atoms with van der Waals surface area (Å²) in [6, 6.07) is 14.8. The molecule has 3 rings (SSSR count). The molecule has 1 atom stereocenters. The predicted octanol–water partition coefficient (Wildman–Crippen LogP) is 6.59. The van der Waals surface area contributed by atoms with E-state index in [9.17, 15) is 9.90 Å². The first kappa shape index (κ1) is 27.6. The van der Waals surface area contributed by atoms with Crippen molar-refractivity contribution in [2.45, 2.75) is 88.8 Å². The van der Waals surface area contributed by atoms with Crippen molar-refractivity contribution in [1.82, 2.24) is 9.80 Å². The average Bonchev–Trinajstić information content (AvgIpc) is 2.79. The van der Waals surface area contributed by atoms with Crippen LogP contribution in [0.3, 0.4) is 0 Å². The predicted molar refractivity (Wildman–Crippen MR) is 148 cm³/mol. The summed E-state index contributed by atoms with van der Waals surface area (Å²) < 4.78 is 0. The lowest BCUT2D eigenvalue weighted by molar-refractivity contribution is -0.132. The summed E-state index contributed by atoms with van der Waals surface area (Å²) in [7, 11) is 0. The Hall–Kier alpha value is -1.98. The molecule has 1 saturated heterocycles. The number of thioether (sulfide) groups is 1. The Morgan fingerprint density at radius 2 is 1.49 bits per heavy atom. The number of rotatable bonds is 7. The molecule has 0 saturated carbocycles. The molecule has 0 spiro atoms. The van der Waals surface area contributed by atoms with Crippen LogP contribution in [0.4, 0.5) is 0 Å². The highest BCUT2D eigenvalue weighted by Crippen LogP contribution is 2.43. The van der Waals surface area contributed by atoms with Crippen LogP contribution < -0.4 is 0 Å². The van der Waals surface area contributed by atoms with Crippen LogP contribution in [0.2, 0.25) is 0 Å². The van der Waals surface area contributed by atoms with E-state index in [4.69, 9.17) is 0 Å². The minimum absolute atomic E-state index is 0.106. The first-order chi connectivity index (χ1) is 16.4. The van der Waals surface area contributed by atoms with Crippen LogP contribution in [0.15, 0.2) is 47.4 Å². The second-order valence-electron chi connectivity index (χ2n) is 11.8. The minimum Gasteiger partial charge on any atom is -0.507 e. The maximum absolute atomic E-state index is 13.6. The van der Waals surface area contributed by atoms with Crippen molar-refractivity contribution in [3.05, 3.63) is 59.2 Å². The topological polar surface area (TPSA) is 43.8 Å². The second kappa shape index (κ2) is 11.4. The molecule has 0 radical (unpaired) electrons. The summed E-state index contributed by atoms with van der Waals surface area (Å²) >= 11 is 1.67. The SMILES string of the molecule is CCCC(Sc1cc(C(C)(C)C)c(O)c(C(C)(C)C)c1)C(=O)N1CCN(Cc2ccccc2)CC1. The maximum atomic E-state index is 13.6. The van der Waals surface area contributed by atoms with Gasteiger partial charge in [-0.3, -0.25) is 9.69 Å². The Kier molecular flexibility index (Phi) is 8.98.